The third kappa shape index (κ3) is 4.63. The van der Waals surface area contributed by atoms with Crippen LogP contribution in [0.25, 0.3) is 0 Å². The van der Waals surface area contributed by atoms with Crippen LogP contribution >= 0.6 is 0 Å². The first-order chi connectivity index (χ1) is 14.5. The maximum Gasteiger partial charge on any atom is 0.264 e. The summed E-state index contributed by atoms with van der Waals surface area (Å²) in [6.07, 6.45) is 0. The third-order valence-corrected chi connectivity index (χ3v) is 6.55. The molecule has 3 rings (SSSR count). The predicted molar refractivity (Wildman–Crippen MR) is 117 cm³/mol. The lowest BCUT2D eigenvalue weighted by Gasteiger charge is -2.23. The van der Waals surface area contributed by atoms with Gasteiger partial charge < -0.3 is 10.1 Å². The van der Waals surface area contributed by atoms with Crippen molar-refractivity contribution < 1.29 is 17.9 Å². The number of methoxy groups -OCH3 is 1. The molecule has 0 aliphatic rings. The second-order valence-electron chi connectivity index (χ2n) is 6.53. The molecule has 7 heteroatoms. The lowest BCUT2D eigenvalue weighted by molar-refractivity contribution is 0.0950. The number of ether oxygens (including phenoxy) is 1. The lowest BCUT2D eigenvalue weighted by Crippen LogP contribution is -2.31. The minimum atomic E-state index is -3.80. The minimum absolute atomic E-state index is 0.0677. The molecule has 0 atom stereocenters. The number of anilines is 1. The standard InChI is InChI=1S/C23H24N2O4S/c1-3-25(20-12-5-4-6-13-20)30(27,28)21-14-9-11-18(16-21)23(26)24-17-19-10-7-8-15-22(19)29-2/h4-16H,3,17H2,1-2H3,(H,24,26). The topological polar surface area (TPSA) is 75.7 Å². The van der Waals surface area contributed by atoms with E-state index in [-0.39, 0.29) is 29.5 Å². The Morgan fingerprint density at radius 3 is 2.37 bits per heavy atom. The van der Waals surface area contributed by atoms with E-state index in [1.807, 2.05) is 30.3 Å². The van der Waals surface area contributed by atoms with Gasteiger partial charge in [-0.05, 0) is 43.3 Å². The maximum atomic E-state index is 13.2. The van der Waals surface area contributed by atoms with Crippen LogP contribution < -0.4 is 14.4 Å². The van der Waals surface area contributed by atoms with E-state index in [1.54, 1.807) is 50.4 Å². The van der Waals surface area contributed by atoms with Crippen LogP contribution in [0.5, 0.6) is 5.75 Å². The number of carbonyl (C=O) groups excluding carboxylic acids is 1. The van der Waals surface area contributed by atoms with Gasteiger partial charge in [-0.1, -0.05) is 42.5 Å². The molecule has 0 fully saturated rings. The Balaban J connectivity index is 1.82. The molecule has 0 aliphatic carbocycles. The number of carbonyl (C=O) groups is 1. The number of benzene rings is 3. The normalized spacial score (nSPS) is 11.0. The maximum absolute atomic E-state index is 13.2. The molecule has 3 aromatic carbocycles. The highest BCUT2D eigenvalue weighted by Crippen LogP contribution is 2.24. The second-order valence-corrected chi connectivity index (χ2v) is 8.39. The Hall–Kier alpha value is -3.32. The summed E-state index contributed by atoms with van der Waals surface area (Å²) in [4.78, 5) is 12.7. The van der Waals surface area contributed by atoms with E-state index in [9.17, 15) is 13.2 Å². The van der Waals surface area contributed by atoms with Gasteiger partial charge in [0, 0.05) is 24.2 Å². The molecule has 0 aromatic heterocycles. The zero-order valence-electron chi connectivity index (χ0n) is 16.9. The zero-order chi connectivity index (χ0) is 21.6. The monoisotopic (exact) mass is 424 g/mol. The lowest BCUT2D eigenvalue weighted by atomic mass is 10.2. The van der Waals surface area contributed by atoms with Crippen molar-refractivity contribution in [3.63, 3.8) is 0 Å². The SMILES string of the molecule is CCN(c1ccccc1)S(=O)(=O)c1cccc(C(=O)NCc2ccccc2OC)c1. The van der Waals surface area contributed by atoms with E-state index in [4.69, 9.17) is 4.74 Å². The van der Waals surface area contributed by atoms with Gasteiger partial charge in [0.05, 0.1) is 17.7 Å². The van der Waals surface area contributed by atoms with Gasteiger partial charge in [-0.25, -0.2) is 8.42 Å². The van der Waals surface area contributed by atoms with Crippen molar-refractivity contribution in [2.24, 2.45) is 0 Å². The number of hydrogen-bond donors (Lipinski definition) is 1. The van der Waals surface area contributed by atoms with Crippen LogP contribution in [0.1, 0.15) is 22.8 Å². The molecule has 3 aromatic rings. The summed E-state index contributed by atoms with van der Waals surface area (Å²) >= 11 is 0. The Morgan fingerprint density at radius 1 is 0.967 bits per heavy atom. The van der Waals surface area contributed by atoms with E-state index in [0.717, 1.165) is 5.56 Å². The fourth-order valence-electron chi connectivity index (χ4n) is 3.14. The Bertz CT molecular complexity index is 1110. The molecular weight excluding hydrogens is 400 g/mol. The number of nitrogens with zero attached hydrogens (tertiary/aromatic N) is 1. The number of sulfonamides is 1. The number of rotatable bonds is 8. The summed E-state index contributed by atoms with van der Waals surface area (Å²) in [6.45, 7) is 2.32. The van der Waals surface area contributed by atoms with Crippen LogP contribution in [0.2, 0.25) is 0 Å². The smallest absolute Gasteiger partial charge is 0.264 e. The van der Waals surface area contributed by atoms with Crippen molar-refractivity contribution in [2.75, 3.05) is 18.0 Å². The average molecular weight is 425 g/mol. The molecule has 0 unspecified atom stereocenters. The first-order valence-electron chi connectivity index (χ1n) is 9.55. The fraction of sp³-hybridized carbons (Fsp3) is 0.174. The third-order valence-electron chi connectivity index (χ3n) is 4.65. The van der Waals surface area contributed by atoms with Gasteiger partial charge in [-0.3, -0.25) is 9.10 Å². The van der Waals surface area contributed by atoms with Crippen LogP contribution in [-0.4, -0.2) is 28.0 Å². The van der Waals surface area contributed by atoms with Crippen LogP contribution in [-0.2, 0) is 16.6 Å². The van der Waals surface area contributed by atoms with Crippen molar-refractivity contribution in [3.8, 4) is 5.75 Å². The van der Waals surface area contributed by atoms with Crippen molar-refractivity contribution in [1.82, 2.24) is 5.32 Å². The molecule has 0 heterocycles. The molecule has 1 amide bonds. The summed E-state index contributed by atoms with van der Waals surface area (Å²) in [7, 11) is -2.23. The fourth-order valence-corrected chi connectivity index (χ4v) is 4.66. The van der Waals surface area contributed by atoms with Crippen molar-refractivity contribution in [1.29, 1.82) is 0 Å². The summed E-state index contributed by atoms with van der Waals surface area (Å²) in [5, 5.41) is 2.82. The average Bonchev–Trinajstić information content (AvgIpc) is 2.78. The van der Waals surface area contributed by atoms with Crippen LogP contribution in [0, 0.1) is 0 Å². The second kappa shape index (κ2) is 9.45. The summed E-state index contributed by atoms with van der Waals surface area (Å²) in [5.74, 6) is 0.316. The molecule has 156 valence electrons. The molecule has 0 bridgehead atoms. The molecule has 1 N–H and O–H groups in total. The van der Waals surface area contributed by atoms with Crippen molar-refractivity contribution >= 4 is 21.6 Å². The van der Waals surface area contributed by atoms with Gasteiger partial charge in [-0.15, -0.1) is 0 Å². The van der Waals surface area contributed by atoms with Gasteiger partial charge in [0.25, 0.3) is 15.9 Å². The molecule has 0 saturated carbocycles. The highest BCUT2D eigenvalue weighted by Gasteiger charge is 2.24. The highest BCUT2D eigenvalue weighted by molar-refractivity contribution is 7.92. The van der Waals surface area contributed by atoms with E-state index in [0.29, 0.717) is 11.4 Å². The molecule has 6 nitrogen and oxygen atoms in total. The number of amides is 1. The van der Waals surface area contributed by atoms with Gasteiger partial charge in [0.2, 0.25) is 0 Å². The predicted octanol–water partition coefficient (Wildman–Crippen LogP) is 3.84. The van der Waals surface area contributed by atoms with Crippen LogP contribution in [0.3, 0.4) is 0 Å². The molecule has 0 saturated heterocycles. The first kappa shape index (κ1) is 21.4. The van der Waals surface area contributed by atoms with Crippen molar-refractivity contribution in [3.05, 3.63) is 90.0 Å². The van der Waals surface area contributed by atoms with E-state index < -0.39 is 10.0 Å². The highest BCUT2D eigenvalue weighted by atomic mass is 32.2. The molecule has 0 radical (unpaired) electrons. The molecular formula is C23H24N2O4S. The largest absolute Gasteiger partial charge is 0.496 e. The zero-order valence-corrected chi connectivity index (χ0v) is 17.7. The van der Waals surface area contributed by atoms with Crippen molar-refractivity contribution in [2.45, 2.75) is 18.4 Å². The molecule has 0 spiro atoms. The number of hydrogen-bond acceptors (Lipinski definition) is 4. The van der Waals surface area contributed by atoms with Crippen LogP contribution in [0.4, 0.5) is 5.69 Å². The van der Waals surface area contributed by atoms with Crippen LogP contribution in [0.15, 0.2) is 83.8 Å². The molecule has 30 heavy (non-hydrogen) atoms. The van der Waals surface area contributed by atoms with Gasteiger partial charge >= 0.3 is 0 Å². The van der Waals surface area contributed by atoms with Gasteiger partial charge in [-0.2, -0.15) is 0 Å². The van der Waals surface area contributed by atoms with E-state index in [1.165, 1.54) is 16.4 Å². The van der Waals surface area contributed by atoms with E-state index >= 15 is 0 Å². The summed E-state index contributed by atoms with van der Waals surface area (Å²) in [6, 6.07) is 22.3. The number of para-hydroxylation sites is 2. The Labute approximate surface area is 177 Å². The minimum Gasteiger partial charge on any atom is -0.496 e. The quantitative estimate of drug-likeness (QED) is 0.596. The number of nitrogens with one attached hydrogen (secondary N) is 1. The van der Waals surface area contributed by atoms with Gasteiger partial charge in [0.15, 0.2) is 0 Å². The van der Waals surface area contributed by atoms with Gasteiger partial charge in [0.1, 0.15) is 5.75 Å². The summed E-state index contributed by atoms with van der Waals surface area (Å²) in [5.41, 5.74) is 1.68. The summed E-state index contributed by atoms with van der Waals surface area (Å²) < 4.78 is 33.0. The first-order valence-corrected chi connectivity index (χ1v) is 11.0. The van der Waals surface area contributed by atoms with E-state index in [2.05, 4.69) is 5.32 Å². The Kier molecular flexibility index (Phi) is 6.74. The molecule has 0 aliphatic heterocycles. The Morgan fingerprint density at radius 2 is 1.67 bits per heavy atom.